The third-order valence-electron chi connectivity index (χ3n) is 3.42. The molecule has 1 amide bonds. The van der Waals surface area contributed by atoms with Gasteiger partial charge in [-0.2, -0.15) is 5.10 Å². The van der Waals surface area contributed by atoms with Crippen LogP contribution in [0.1, 0.15) is 15.9 Å². The van der Waals surface area contributed by atoms with E-state index >= 15 is 0 Å². The van der Waals surface area contributed by atoms with Crippen molar-refractivity contribution in [3.05, 3.63) is 72.3 Å². The molecule has 0 aliphatic heterocycles. The van der Waals surface area contributed by atoms with Gasteiger partial charge < -0.3 is 10.1 Å². The number of hydrogen-bond acceptors (Lipinski definition) is 4. The Morgan fingerprint density at radius 3 is 2.35 bits per heavy atom. The van der Waals surface area contributed by atoms with Gasteiger partial charge in [0.15, 0.2) is 0 Å². The Balaban J connectivity index is 1.57. The van der Waals surface area contributed by atoms with Crippen LogP contribution in [-0.4, -0.2) is 27.0 Å². The predicted octanol–water partition coefficient (Wildman–Crippen LogP) is 3.10. The molecule has 1 heterocycles. The van der Waals surface area contributed by atoms with Crippen molar-refractivity contribution in [1.29, 1.82) is 0 Å². The smallest absolute Gasteiger partial charge is 0.406 e. The van der Waals surface area contributed by atoms with Gasteiger partial charge >= 0.3 is 6.36 Å². The molecule has 0 saturated carbocycles. The standard InChI is InChI=1S/C17H13F3N4O2/c18-17(19,20)26-15-7-1-12(2-8-15)9-22-16(25)13-3-5-14(6-4-13)24-11-21-10-23-24/h1-8,10-11H,9H2,(H,22,25). The monoisotopic (exact) mass is 362 g/mol. The Kier molecular flexibility index (Phi) is 4.87. The van der Waals surface area contributed by atoms with E-state index in [4.69, 9.17) is 0 Å². The van der Waals surface area contributed by atoms with Crippen molar-refractivity contribution in [2.24, 2.45) is 0 Å². The number of aromatic nitrogens is 3. The highest BCUT2D eigenvalue weighted by Crippen LogP contribution is 2.22. The lowest BCUT2D eigenvalue weighted by Crippen LogP contribution is -2.22. The van der Waals surface area contributed by atoms with E-state index in [9.17, 15) is 18.0 Å². The zero-order valence-electron chi connectivity index (χ0n) is 13.3. The highest BCUT2D eigenvalue weighted by atomic mass is 19.4. The molecule has 2 aromatic carbocycles. The number of hydrogen-bond donors (Lipinski definition) is 1. The lowest BCUT2D eigenvalue weighted by molar-refractivity contribution is -0.274. The average Bonchev–Trinajstić information content (AvgIpc) is 3.14. The molecule has 1 N–H and O–H groups in total. The summed E-state index contributed by atoms with van der Waals surface area (Å²) in [7, 11) is 0. The molecule has 0 atom stereocenters. The number of carbonyl (C=O) groups excluding carboxylic acids is 1. The second-order valence-electron chi connectivity index (χ2n) is 5.26. The molecule has 3 aromatic rings. The molecule has 0 bridgehead atoms. The van der Waals surface area contributed by atoms with Gasteiger partial charge in [0.2, 0.25) is 0 Å². The van der Waals surface area contributed by atoms with Crippen LogP contribution in [0.25, 0.3) is 5.69 Å². The Morgan fingerprint density at radius 2 is 1.77 bits per heavy atom. The van der Waals surface area contributed by atoms with Crippen LogP contribution >= 0.6 is 0 Å². The Labute approximate surface area is 146 Å². The van der Waals surface area contributed by atoms with Crippen LogP contribution < -0.4 is 10.1 Å². The van der Waals surface area contributed by atoms with Crippen LogP contribution in [0.4, 0.5) is 13.2 Å². The number of carbonyl (C=O) groups is 1. The first-order valence-electron chi connectivity index (χ1n) is 7.49. The Morgan fingerprint density at radius 1 is 1.08 bits per heavy atom. The quantitative estimate of drug-likeness (QED) is 0.757. The zero-order valence-corrected chi connectivity index (χ0v) is 13.3. The van der Waals surface area contributed by atoms with Crippen molar-refractivity contribution in [3.63, 3.8) is 0 Å². The minimum Gasteiger partial charge on any atom is -0.406 e. The first kappa shape index (κ1) is 17.5. The molecule has 6 nitrogen and oxygen atoms in total. The third kappa shape index (κ3) is 4.59. The number of halogens is 3. The fraction of sp³-hybridized carbons (Fsp3) is 0.118. The van der Waals surface area contributed by atoms with Crippen LogP contribution in [0.5, 0.6) is 5.75 Å². The minimum atomic E-state index is -4.73. The van der Waals surface area contributed by atoms with Crippen LogP contribution in [0.2, 0.25) is 0 Å². The van der Waals surface area contributed by atoms with Gasteiger partial charge in [0, 0.05) is 12.1 Å². The number of nitrogens with one attached hydrogen (secondary N) is 1. The minimum absolute atomic E-state index is 0.177. The average molecular weight is 362 g/mol. The molecule has 3 rings (SSSR count). The molecule has 0 radical (unpaired) electrons. The second kappa shape index (κ2) is 7.26. The van der Waals surface area contributed by atoms with Gasteiger partial charge in [-0.3, -0.25) is 4.79 Å². The molecular weight excluding hydrogens is 349 g/mol. The summed E-state index contributed by atoms with van der Waals surface area (Å²) in [5.41, 5.74) is 1.86. The van der Waals surface area contributed by atoms with Crippen molar-refractivity contribution in [1.82, 2.24) is 20.1 Å². The van der Waals surface area contributed by atoms with Crippen LogP contribution in [0.15, 0.2) is 61.2 Å². The molecule has 1 aromatic heterocycles. The molecule has 0 aliphatic carbocycles. The van der Waals surface area contributed by atoms with Gasteiger partial charge in [0.25, 0.3) is 5.91 Å². The summed E-state index contributed by atoms with van der Waals surface area (Å²) in [6.07, 6.45) is -1.78. The summed E-state index contributed by atoms with van der Waals surface area (Å²) < 4.78 is 41.7. The fourth-order valence-corrected chi connectivity index (χ4v) is 2.20. The summed E-state index contributed by atoms with van der Waals surface area (Å²) >= 11 is 0. The number of benzene rings is 2. The number of amides is 1. The number of rotatable bonds is 5. The lowest BCUT2D eigenvalue weighted by Gasteiger charge is -2.10. The molecule has 9 heteroatoms. The maximum Gasteiger partial charge on any atom is 0.573 e. The van der Waals surface area contributed by atoms with E-state index in [2.05, 4.69) is 20.1 Å². The van der Waals surface area contributed by atoms with E-state index < -0.39 is 6.36 Å². The maximum absolute atomic E-state index is 12.2. The van der Waals surface area contributed by atoms with E-state index in [0.717, 1.165) is 5.69 Å². The summed E-state index contributed by atoms with van der Waals surface area (Å²) in [5, 5.41) is 6.69. The maximum atomic E-state index is 12.2. The molecule has 0 unspecified atom stereocenters. The van der Waals surface area contributed by atoms with Gasteiger partial charge in [-0.1, -0.05) is 12.1 Å². The van der Waals surface area contributed by atoms with Gasteiger partial charge in [-0.05, 0) is 42.0 Å². The highest BCUT2D eigenvalue weighted by molar-refractivity contribution is 5.94. The molecule has 0 fully saturated rings. The van der Waals surface area contributed by atoms with Crippen LogP contribution in [0.3, 0.4) is 0 Å². The predicted molar refractivity (Wildman–Crippen MR) is 85.7 cm³/mol. The summed E-state index contributed by atoms with van der Waals surface area (Å²) in [5.74, 6) is -0.609. The van der Waals surface area contributed by atoms with E-state index in [-0.39, 0.29) is 18.2 Å². The van der Waals surface area contributed by atoms with Gasteiger partial charge in [0.05, 0.1) is 5.69 Å². The van der Waals surface area contributed by atoms with Gasteiger partial charge in [-0.15, -0.1) is 13.2 Å². The number of alkyl halides is 3. The Hall–Kier alpha value is -3.36. The second-order valence-corrected chi connectivity index (χ2v) is 5.26. The number of nitrogens with zero attached hydrogens (tertiary/aromatic N) is 3. The molecule has 26 heavy (non-hydrogen) atoms. The van der Waals surface area contributed by atoms with Crippen molar-refractivity contribution in [2.45, 2.75) is 12.9 Å². The third-order valence-corrected chi connectivity index (χ3v) is 3.42. The van der Waals surface area contributed by atoms with Crippen LogP contribution in [-0.2, 0) is 6.54 Å². The summed E-state index contributed by atoms with van der Waals surface area (Å²) in [4.78, 5) is 16.0. The van der Waals surface area contributed by atoms with Crippen molar-refractivity contribution in [3.8, 4) is 11.4 Å². The lowest BCUT2D eigenvalue weighted by atomic mass is 10.1. The molecular formula is C17H13F3N4O2. The van der Waals surface area contributed by atoms with Crippen molar-refractivity contribution in [2.75, 3.05) is 0 Å². The molecule has 134 valence electrons. The summed E-state index contributed by atoms with van der Waals surface area (Å²) in [6.45, 7) is 0.177. The normalized spacial score (nSPS) is 11.2. The molecule has 0 aliphatic rings. The zero-order chi connectivity index (χ0) is 18.6. The highest BCUT2D eigenvalue weighted by Gasteiger charge is 2.30. The SMILES string of the molecule is O=C(NCc1ccc(OC(F)(F)F)cc1)c1ccc(-n2cncn2)cc1. The van der Waals surface area contributed by atoms with Crippen molar-refractivity contribution < 1.29 is 22.7 Å². The number of ether oxygens (including phenoxy) is 1. The van der Waals surface area contributed by atoms with E-state index in [1.54, 1.807) is 35.3 Å². The first-order valence-corrected chi connectivity index (χ1v) is 7.49. The van der Waals surface area contributed by atoms with E-state index in [1.807, 2.05) is 0 Å². The first-order chi connectivity index (χ1) is 12.4. The van der Waals surface area contributed by atoms with Gasteiger partial charge in [0.1, 0.15) is 18.4 Å². The van der Waals surface area contributed by atoms with E-state index in [1.165, 1.54) is 30.6 Å². The van der Waals surface area contributed by atoms with Crippen LogP contribution in [0, 0.1) is 0 Å². The summed E-state index contributed by atoms with van der Waals surface area (Å²) in [6, 6.07) is 12.0. The molecule has 0 spiro atoms. The largest absolute Gasteiger partial charge is 0.573 e. The topological polar surface area (TPSA) is 69.0 Å². The molecule has 0 saturated heterocycles. The van der Waals surface area contributed by atoms with Crippen molar-refractivity contribution >= 4 is 5.91 Å². The Bertz CT molecular complexity index is 861. The van der Waals surface area contributed by atoms with E-state index in [0.29, 0.717) is 11.1 Å². The fourth-order valence-electron chi connectivity index (χ4n) is 2.20. The van der Waals surface area contributed by atoms with Gasteiger partial charge in [-0.25, -0.2) is 9.67 Å².